The van der Waals surface area contributed by atoms with Gasteiger partial charge in [0.2, 0.25) is 0 Å². The van der Waals surface area contributed by atoms with E-state index in [2.05, 4.69) is 0 Å². The molecule has 0 saturated heterocycles. The Bertz CT molecular complexity index is 122. The molecule has 0 nitrogen and oxygen atoms in total. The van der Waals surface area contributed by atoms with E-state index in [9.17, 15) is 4.39 Å². The van der Waals surface area contributed by atoms with E-state index in [0.717, 1.165) is 19.3 Å². The fraction of sp³-hybridized carbons (Fsp3) is 1.00. The molecule has 1 aliphatic carbocycles. The van der Waals surface area contributed by atoms with Crippen LogP contribution in [0.5, 0.6) is 0 Å². The molecule has 0 heterocycles. The van der Waals surface area contributed by atoms with Crippen LogP contribution in [0, 0.1) is 0 Å². The molecule has 0 aromatic carbocycles. The number of rotatable bonds is 0. The van der Waals surface area contributed by atoms with E-state index in [4.69, 9.17) is 11.6 Å². The predicted octanol–water partition coefficient (Wildman–Crippen LogP) is 4.85. The van der Waals surface area contributed by atoms with Gasteiger partial charge in [-0.05, 0) is 12.8 Å². The van der Waals surface area contributed by atoms with Crippen molar-refractivity contribution in [1.82, 2.24) is 0 Å². The number of alkyl halides is 2. The highest BCUT2D eigenvalue weighted by Crippen LogP contribution is 2.22. The zero-order chi connectivity index (χ0) is 10.2. The third-order valence-corrected chi connectivity index (χ3v) is 3.59. The van der Waals surface area contributed by atoms with Gasteiger partial charge in [0.25, 0.3) is 0 Å². The Hall–Kier alpha value is 0.220. The van der Waals surface area contributed by atoms with Gasteiger partial charge in [-0.25, -0.2) is 4.39 Å². The fourth-order valence-electron chi connectivity index (χ4n) is 2.10. The molecule has 2 atom stereocenters. The third-order valence-electron chi connectivity index (χ3n) is 3.10. The van der Waals surface area contributed by atoms with Gasteiger partial charge in [-0.1, -0.05) is 51.4 Å². The standard InChI is InChI=1S/C12H22ClF/c13-11-9-7-5-3-1-2-4-6-8-10-12(11)14/h11-12H,1-10H2/t11-,12-/m1/s1. The largest absolute Gasteiger partial charge is 0.246 e. The summed E-state index contributed by atoms with van der Waals surface area (Å²) in [6.45, 7) is 0. The van der Waals surface area contributed by atoms with Crippen molar-refractivity contribution in [2.45, 2.75) is 75.8 Å². The number of hydrogen-bond donors (Lipinski definition) is 0. The zero-order valence-electron chi connectivity index (χ0n) is 8.98. The van der Waals surface area contributed by atoms with Crippen LogP contribution in [-0.4, -0.2) is 11.5 Å². The van der Waals surface area contributed by atoms with E-state index in [-0.39, 0.29) is 5.38 Å². The zero-order valence-corrected chi connectivity index (χ0v) is 9.74. The molecule has 2 heteroatoms. The lowest BCUT2D eigenvalue weighted by atomic mass is 10.00. The van der Waals surface area contributed by atoms with Crippen LogP contribution in [0.1, 0.15) is 64.2 Å². The van der Waals surface area contributed by atoms with Crippen molar-refractivity contribution >= 4 is 11.6 Å². The summed E-state index contributed by atoms with van der Waals surface area (Å²) in [4.78, 5) is 0. The Kier molecular flexibility index (Phi) is 6.59. The average Bonchev–Trinajstić information content (AvgIpc) is 2.18. The van der Waals surface area contributed by atoms with Crippen LogP contribution in [0.2, 0.25) is 0 Å². The minimum Gasteiger partial charge on any atom is -0.246 e. The van der Waals surface area contributed by atoms with Crippen LogP contribution in [0.15, 0.2) is 0 Å². The SMILES string of the molecule is F[C@@H]1CCCCCCCCCC[C@H]1Cl. The molecule has 0 aliphatic heterocycles. The maximum absolute atomic E-state index is 13.4. The summed E-state index contributed by atoms with van der Waals surface area (Å²) >= 11 is 5.99. The van der Waals surface area contributed by atoms with Crippen molar-refractivity contribution in [3.8, 4) is 0 Å². The van der Waals surface area contributed by atoms with E-state index in [1.54, 1.807) is 0 Å². The molecule has 0 aromatic heterocycles. The summed E-state index contributed by atoms with van der Waals surface area (Å²) in [6.07, 6.45) is 10.6. The average molecular weight is 221 g/mol. The third kappa shape index (κ3) is 5.19. The van der Waals surface area contributed by atoms with E-state index in [0.29, 0.717) is 6.42 Å². The molecule has 1 aliphatic rings. The van der Waals surface area contributed by atoms with Crippen molar-refractivity contribution in [1.29, 1.82) is 0 Å². The molecule has 0 spiro atoms. The molecule has 1 fully saturated rings. The smallest absolute Gasteiger partial charge is 0.116 e. The molecule has 14 heavy (non-hydrogen) atoms. The van der Waals surface area contributed by atoms with Gasteiger partial charge in [0.05, 0.1) is 5.38 Å². The first-order valence-electron chi connectivity index (χ1n) is 6.09. The van der Waals surface area contributed by atoms with E-state index >= 15 is 0 Å². The summed E-state index contributed by atoms with van der Waals surface area (Å²) in [5, 5.41) is -0.227. The molecular weight excluding hydrogens is 199 g/mol. The second kappa shape index (κ2) is 7.50. The van der Waals surface area contributed by atoms with E-state index in [1.165, 1.54) is 38.5 Å². The van der Waals surface area contributed by atoms with E-state index in [1.807, 2.05) is 0 Å². The summed E-state index contributed by atoms with van der Waals surface area (Å²) < 4.78 is 13.4. The molecule has 1 rings (SSSR count). The van der Waals surface area contributed by atoms with Crippen molar-refractivity contribution in [3.63, 3.8) is 0 Å². The molecule has 0 bridgehead atoms. The quantitative estimate of drug-likeness (QED) is 0.512. The van der Waals surface area contributed by atoms with Gasteiger partial charge in [-0.3, -0.25) is 0 Å². The van der Waals surface area contributed by atoms with Crippen molar-refractivity contribution in [3.05, 3.63) is 0 Å². The van der Waals surface area contributed by atoms with Crippen LogP contribution >= 0.6 is 11.6 Å². The lowest BCUT2D eigenvalue weighted by Gasteiger charge is -2.15. The summed E-state index contributed by atoms with van der Waals surface area (Å²) in [5.74, 6) is 0. The Balaban J connectivity index is 2.23. The summed E-state index contributed by atoms with van der Waals surface area (Å²) in [5.41, 5.74) is 0. The minimum atomic E-state index is -0.768. The normalized spacial score (nSPS) is 33.0. The van der Waals surface area contributed by atoms with Crippen LogP contribution in [0.4, 0.5) is 4.39 Å². The molecule has 0 radical (unpaired) electrons. The second-order valence-electron chi connectivity index (χ2n) is 4.44. The molecule has 84 valence electrons. The highest BCUT2D eigenvalue weighted by atomic mass is 35.5. The van der Waals surface area contributed by atoms with Gasteiger partial charge in [0, 0.05) is 0 Å². The molecule has 0 amide bonds. The van der Waals surface area contributed by atoms with Crippen LogP contribution in [-0.2, 0) is 0 Å². The molecule has 0 aromatic rings. The van der Waals surface area contributed by atoms with E-state index < -0.39 is 6.17 Å². The molecular formula is C12H22ClF. The maximum Gasteiger partial charge on any atom is 0.116 e. The Labute approximate surface area is 92.2 Å². The predicted molar refractivity (Wildman–Crippen MR) is 60.7 cm³/mol. The van der Waals surface area contributed by atoms with Crippen LogP contribution in [0.25, 0.3) is 0 Å². The number of halogens is 2. The van der Waals surface area contributed by atoms with Gasteiger partial charge in [-0.2, -0.15) is 0 Å². The fourth-order valence-corrected chi connectivity index (χ4v) is 2.38. The van der Waals surface area contributed by atoms with Crippen molar-refractivity contribution in [2.24, 2.45) is 0 Å². The number of hydrogen-bond acceptors (Lipinski definition) is 0. The Morgan fingerprint density at radius 3 is 1.71 bits per heavy atom. The van der Waals surface area contributed by atoms with Crippen molar-refractivity contribution in [2.75, 3.05) is 0 Å². The second-order valence-corrected chi connectivity index (χ2v) is 5.00. The first-order valence-corrected chi connectivity index (χ1v) is 6.52. The monoisotopic (exact) mass is 220 g/mol. The van der Waals surface area contributed by atoms with Gasteiger partial charge in [0.1, 0.15) is 6.17 Å². The highest BCUT2D eigenvalue weighted by Gasteiger charge is 2.17. The van der Waals surface area contributed by atoms with Crippen LogP contribution < -0.4 is 0 Å². The minimum absolute atomic E-state index is 0.227. The highest BCUT2D eigenvalue weighted by molar-refractivity contribution is 6.21. The topological polar surface area (TPSA) is 0 Å². The lowest BCUT2D eigenvalue weighted by Crippen LogP contribution is -2.16. The first kappa shape index (κ1) is 12.3. The molecule has 1 saturated carbocycles. The Morgan fingerprint density at radius 1 is 0.714 bits per heavy atom. The molecule has 0 N–H and O–H groups in total. The van der Waals surface area contributed by atoms with Gasteiger partial charge >= 0.3 is 0 Å². The lowest BCUT2D eigenvalue weighted by molar-refractivity contribution is 0.282. The first-order chi connectivity index (χ1) is 6.80. The summed E-state index contributed by atoms with van der Waals surface area (Å²) in [6, 6.07) is 0. The van der Waals surface area contributed by atoms with Gasteiger partial charge in [-0.15, -0.1) is 11.6 Å². The van der Waals surface area contributed by atoms with Gasteiger partial charge in [0.15, 0.2) is 0 Å². The summed E-state index contributed by atoms with van der Waals surface area (Å²) in [7, 11) is 0. The molecule has 0 unspecified atom stereocenters. The Morgan fingerprint density at radius 2 is 1.14 bits per heavy atom. The van der Waals surface area contributed by atoms with Crippen molar-refractivity contribution < 1.29 is 4.39 Å². The van der Waals surface area contributed by atoms with Crippen LogP contribution in [0.3, 0.4) is 0 Å². The maximum atomic E-state index is 13.4. The van der Waals surface area contributed by atoms with Gasteiger partial charge < -0.3 is 0 Å².